The number of ether oxygens (including phenoxy) is 1. The van der Waals surface area contributed by atoms with Gasteiger partial charge in [-0.2, -0.15) is 0 Å². The zero-order valence-electron chi connectivity index (χ0n) is 18.2. The lowest BCUT2D eigenvalue weighted by molar-refractivity contribution is -0.116. The number of aromatic nitrogens is 3. The summed E-state index contributed by atoms with van der Waals surface area (Å²) < 4.78 is 7.18. The number of nitrogens with one attached hydrogen (secondary N) is 2. The number of hydrogen-bond acceptors (Lipinski definition) is 6. The van der Waals surface area contributed by atoms with E-state index in [9.17, 15) is 4.79 Å². The molecule has 2 heterocycles. The molecule has 0 unspecified atom stereocenters. The molecule has 5 rings (SSSR count). The molecule has 166 valence electrons. The largest absolute Gasteiger partial charge is 0.497 e. The van der Waals surface area contributed by atoms with Crippen LogP contribution < -0.4 is 15.5 Å². The molecule has 0 fully saturated rings. The maximum Gasteiger partial charge on any atom is 0.240 e. The second-order valence-electron chi connectivity index (χ2n) is 7.78. The zero-order chi connectivity index (χ0) is 22.8. The monoisotopic (exact) mass is 457 g/mol. The minimum absolute atomic E-state index is 0.102. The van der Waals surface area contributed by atoms with E-state index in [-0.39, 0.29) is 11.9 Å². The smallest absolute Gasteiger partial charge is 0.240 e. The number of carbonyl (C=O) groups excluding carboxylic acids is 1. The van der Waals surface area contributed by atoms with Crippen LogP contribution in [0.1, 0.15) is 17.2 Å². The Bertz CT molecular complexity index is 1270. The van der Waals surface area contributed by atoms with Gasteiger partial charge < -0.3 is 15.5 Å². The number of aryl methyl sites for hydroxylation is 1. The van der Waals surface area contributed by atoms with Crippen LogP contribution >= 0.6 is 11.8 Å². The van der Waals surface area contributed by atoms with Gasteiger partial charge in [0.15, 0.2) is 5.82 Å². The average molecular weight is 458 g/mol. The van der Waals surface area contributed by atoms with Gasteiger partial charge in [0.25, 0.3) is 0 Å². The van der Waals surface area contributed by atoms with E-state index in [1.165, 1.54) is 11.8 Å². The summed E-state index contributed by atoms with van der Waals surface area (Å²) in [4.78, 5) is 13.4. The van der Waals surface area contributed by atoms with E-state index in [1.807, 2.05) is 90.5 Å². The lowest BCUT2D eigenvalue weighted by Gasteiger charge is -2.33. The second kappa shape index (κ2) is 8.99. The standard InChI is InChI=1S/C25H23N5O2S/c1-16-7-6-10-19(15-16)26-24(31)22-21(17-11-13-20(32-2)14-12-17)29-30-23(27-28-25(30)33-22)18-8-4-3-5-9-18/h3-15,21-22,29H,1-2H3,(H,26,31)/t21-,22+/m1/s1. The summed E-state index contributed by atoms with van der Waals surface area (Å²) in [6.07, 6.45) is 0. The Morgan fingerprint density at radius 1 is 1.03 bits per heavy atom. The molecule has 0 saturated heterocycles. The summed E-state index contributed by atoms with van der Waals surface area (Å²) >= 11 is 1.40. The number of nitrogens with zero attached hydrogens (tertiary/aromatic N) is 3. The van der Waals surface area contributed by atoms with E-state index in [0.29, 0.717) is 11.0 Å². The summed E-state index contributed by atoms with van der Waals surface area (Å²) in [7, 11) is 1.64. The molecule has 33 heavy (non-hydrogen) atoms. The molecule has 0 aliphatic carbocycles. The minimum Gasteiger partial charge on any atom is -0.497 e. The van der Waals surface area contributed by atoms with Crippen LogP contribution in [-0.2, 0) is 4.79 Å². The fourth-order valence-corrected chi connectivity index (χ4v) is 4.91. The Morgan fingerprint density at radius 3 is 2.55 bits per heavy atom. The van der Waals surface area contributed by atoms with Crippen LogP contribution in [0.2, 0.25) is 0 Å². The van der Waals surface area contributed by atoms with Gasteiger partial charge in [0.1, 0.15) is 11.0 Å². The van der Waals surface area contributed by atoms with Crippen molar-refractivity contribution < 1.29 is 9.53 Å². The van der Waals surface area contributed by atoms with Crippen molar-refractivity contribution in [2.45, 2.75) is 23.4 Å². The maximum atomic E-state index is 13.4. The second-order valence-corrected chi connectivity index (χ2v) is 8.89. The molecule has 3 aromatic carbocycles. The molecule has 0 saturated carbocycles. The van der Waals surface area contributed by atoms with Crippen LogP contribution in [0.5, 0.6) is 5.75 Å². The zero-order valence-corrected chi connectivity index (χ0v) is 19.0. The molecule has 1 amide bonds. The van der Waals surface area contributed by atoms with Crippen LogP contribution in [0, 0.1) is 6.92 Å². The highest BCUT2D eigenvalue weighted by Crippen LogP contribution is 2.39. The number of hydrogen-bond donors (Lipinski definition) is 2. The molecule has 0 bridgehead atoms. The van der Waals surface area contributed by atoms with Gasteiger partial charge in [-0.15, -0.1) is 10.2 Å². The van der Waals surface area contributed by atoms with E-state index in [1.54, 1.807) is 7.11 Å². The van der Waals surface area contributed by atoms with Crippen LogP contribution in [0.25, 0.3) is 11.4 Å². The molecule has 1 aliphatic heterocycles. The summed E-state index contributed by atoms with van der Waals surface area (Å²) in [5, 5.41) is 12.0. The number of amides is 1. The molecular weight excluding hydrogens is 434 g/mol. The van der Waals surface area contributed by atoms with Crippen molar-refractivity contribution in [3.63, 3.8) is 0 Å². The first-order valence-corrected chi connectivity index (χ1v) is 11.5. The lowest BCUT2D eigenvalue weighted by Crippen LogP contribution is -2.41. The Morgan fingerprint density at radius 2 is 1.82 bits per heavy atom. The van der Waals surface area contributed by atoms with Crippen molar-refractivity contribution in [3.05, 3.63) is 90.0 Å². The molecule has 8 heteroatoms. The molecule has 2 atom stereocenters. The number of thioether (sulfide) groups is 1. The van der Waals surface area contributed by atoms with Crippen LogP contribution in [0.15, 0.2) is 84.0 Å². The first-order valence-electron chi connectivity index (χ1n) is 10.6. The van der Waals surface area contributed by atoms with E-state index < -0.39 is 5.25 Å². The van der Waals surface area contributed by atoms with Crippen molar-refractivity contribution in [3.8, 4) is 17.1 Å². The van der Waals surface area contributed by atoms with Crippen molar-refractivity contribution in [2.75, 3.05) is 17.9 Å². The van der Waals surface area contributed by atoms with Gasteiger partial charge in [-0.3, -0.25) is 4.79 Å². The van der Waals surface area contributed by atoms with Gasteiger partial charge >= 0.3 is 0 Å². The SMILES string of the molecule is COc1ccc([C@H]2Nn3c(nnc3-c3ccccc3)S[C@@H]2C(=O)Nc2cccc(C)c2)cc1. The summed E-state index contributed by atoms with van der Waals surface area (Å²) in [5.41, 5.74) is 7.26. The number of carbonyl (C=O) groups is 1. The van der Waals surface area contributed by atoms with Gasteiger partial charge in [-0.1, -0.05) is 66.4 Å². The first-order chi connectivity index (χ1) is 16.1. The predicted molar refractivity (Wildman–Crippen MR) is 130 cm³/mol. The molecule has 0 spiro atoms. The Balaban J connectivity index is 1.51. The maximum absolute atomic E-state index is 13.4. The highest BCUT2D eigenvalue weighted by Gasteiger charge is 2.38. The fraction of sp³-hybridized carbons (Fsp3) is 0.160. The van der Waals surface area contributed by atoms with Gasteiger partial charge in [0.05, 0.1) is 13.2 Å². The quantitative estimate of drug-likeness (QED) is 0.454. The Hall–Kier alpha value is -3.78. The summed E-state index contributed by atoms with van der Waals surface area (Å²) in [5.74, 6) is 1.36. The first kappa shape index (κ1) is 21.1. The van der Waals surface area contributed by atoms with E-state index >= 15 is 0 Å². The molecule has 4 aromatic rings. The third kappa shape index (κ3) is 4.29. The van der Waals surface area contributed by atoms with Crippen molar-refractivity contribution in [2.24, 2.45) is 0 Å². The lowest BCUT2D eigenvalue weighted by atomic mass is 10.0. The summed E-state index contributed by atoms with van der Waals surface area (Å²) in [6.45, 7) is 2.00. The predicted octanol–water partition coefficient (Wildman–Crippen LogP) is 4.66. The van der Waals surface area contributed by atoms with E-state index in [2.05, 4.69) is 20.9 Å². The molecule has 2 N–H and O–H groups in total. The highest BCUT2D eigenvalue weighted by atomic mass is 32.2. The average Bonchev–Trinajstić information content (AvgIpc) is 3.27. The fourth-order valence-electron chi connectivity index (χ4n) is 3.83. The highest BCUT2D eigenvalue weighted by molar-refractivity contribution is 8.00. The summed E-state index contributed by atoms with van der Waals surface area (Å²) in [6, 6.07) is 25.1. The van der Waals surface area contributed by atoms with Crippen LogP contribution in [0.3, 0.4) is 0 Å². The Labute approximate surface area is 196 Å². The number of fused-ring (bicyclic) bond motifs is 1. The van der Waals surface area contributed by atoms with Gasteiger partial charge in [-0.05, 0) is 42.3 Å². The number of anilines is 1. The molecule has 0 radical (unpaired) electrons. The molecule has 7 nitrogen and oxygen atoms in total. The number of benzene rings is 3. The Kier molecular flexibility index (Phi) is 5.75. The number of methoxy groups -OCH3 is 1. The van der Waals surface area contributed by atoms with Gasteiger partial charge in [0.2, 0.25) is 11.1 Å². The van der Waals surface area contributed by atoms with Crippen molar-refractivity contribution in [1.82, 2.24) is 14.9 Å². The van der Waals surface area contributed by atoms with E-state index in [4.69, 9.17) is 4.74 Å². The van der Waals surface area contributed by atoms with Crippen LogP contribution in [0.4, 0.5) is 5.69 Å². The van der Waals surface area contributed by atoms with Crippen molar-refractivity contribution in [1.29, 1.82) is 0 Å². The third-order valence-electron chi connectivity index (χ3n) is 5.49. The minimum atomic E-state index is -0.459. The molecule has 1 aliphatic rings. The molecular formula is C25H23N5O2S. The van der Waals surface area contributed by atoms with Gasteiger partial charge in [0, 0.05) is 11.3 Å². The van der Waals surface area contributed by atoms with Crippen LogP contribution in [-0.4, -0.2) is 33.1 Å². The topological polar surface area (TPSA) is 81.1 Å². The van der Waals surface area contributed by atoms with Crippen molar-refractivity contribution >= 4 is 23.4 Å². The normalized spacial score (nSPS) is 17.0. The molecule has 1 aromatic heterocycles. The number of rotatable bonds is 5. The third-order valence-corrected chi connectivity index (χ3v) is 6.70. The van der Waals surface area contributed by atoms with E-state index in [0.717, 1.165) is 28.1 Å². The van der Waals surface area contributed by atoms with Gasteiger partial charge in [-0.25, -0.2) is 4.68 Å².